The SMILES string of the molecule is NC[C@@H]1CCCCN1C(=O)c1ccc(-c2ccc3c(c2)OC(F)(F)O3)cc1. The van der Waals surface area contributed by atoms with Crippen molar-refractivity contribution < 1.29 is 23.0 Å². The van der Waals surface area contributed by atoms with Gasteiger partial charge in [-0.05, 0) is 54.7 Å². The number of alkyl halides is 2. The molecule has 1 fully saturated rings. The maximum atomic E-state index is 13.2. The van der Waals surface area contributed by atoms with E-state index in [-0.39, 0.29) is 23.4 Å². The number of nitrogens with two attached hydrogens (primary N) is 1. The highest BCUT2D eigenvalue weighted by molar-refractivity contribution is 5.95. The third kappa shape index (κ3) is 3.47. The molecule has 0 radical (unpaired) electrons. The zero-order valence-corrected chi connectivity index (χ0v) is 14.7. The molecule has 2 N–H and O–H groups in total. The summed E-state index contributed by atoms with van der Waals surface area (Å²) >= 11 is 0. The summed E-state index contributed by atoms with van der Waals surface area (Å²) in [5.74, 6) is -0.0211. The Balaban J connectivity index is 1.54. The normalized spacial score (nSPS) is 20.6. The molecule has 4 rings (SSSR count). The Morgan fingerprint density at radius 2 is 1.78 bits per heavy atom. The Kier molecular flexibility index (Phi) is 4.47. The number of halogens is 2. The summed E-state index contributed by atoms with van der Waals surface area (Å²) < 4.78 is 35.2. The Bertz CT molecular complexity index is 855. The average molecular weight is 374 g/mol. The molecule has 7 heteroatoms. The lowest BCUT2D eigenvalue weighted by molar-refractivity contribution is -0.286. The maximum Gasteiger partial charge on any atom is 0.586 e. The van der Waals surface area contributed by atoms with Gasteiger partial charge in [-0.15, -0.1) is 8.78 Å². The first-order valence-electron chi connectivity index (χ1n) is 8.98. The van der Waals surface area contributed by atoms with Crippen LogP contribution in [0, 0.1) is 0 Å². The number of amides is 1. The molecule has 2 heterocycles. The van der Waals surface area contributed by atoms with E-state index in [0.717, 1.165) is 31.4 Å². The molecule has 0 spiro atoms. The van der Waals surface area contributed by atoms with E-state index in [1.165, 1.54) is 12.1 Å². The molecule has 1 saturated heterocycles. The van der Waals surface area contributed by atoms with Gasteiger partial charge < -0.3 is 20.1 Å². The van der Waals surface area contributed by atoms with Crippen molar-refractivity contribution in [3.05, 3.63) is 48.0 Å². The van der Waals surface area contributed by atoms with E-state index in [0.29, 0.717) is 17.7 Å². The molecule has 0 aliphatic carbocycles. The molecular weight excluding hydrogens is 354 g/mol. The van der Waals surface area contributed by atoms with Crippen LogP contribution in [-0.4, -0.2) is 36.2 Å². The van der Waals surface area contributed by atoms with Gasteiger partial charge in [-0.3, -0.25) is 4.79 Å². The van der Waals surface area contributed by atoms with E-state index >= 15 is 0 Å². The number of nitrogens with zero attached hydrogens (tertiary/aromatic N) is 1. The number of hydrogen-bond donors (Lipinski definition) is 1. The van der Waals surface area contributed by atoms with Crippen molar-refractivity contribution in [3.8, 4) is 22.6 Å². The Hall–Kier alpha value is -2.67. The van der Waals surface area contributed by atoms with Gasteiger partial charge in [0.05, 0.1) is 0 Å². The minimum absolute atomic E-state index is 0.00300. The number of carbonyl (C=O) groups is 1. The van der Waals surface area contributed by atoms with Crippen LogP contribution in [0.15, 0.2) is 42.5 Å². The van der Waals surface area contributed by atoms with Gasteiger partial charge in [-0.1, -0.05) is 18.2 Å². The van der Waals surface area contributed by atoms with Crippen molar-refractivity contribution in [2.75, 3.05) is 13.1 Å². The monoisotopic (exact) mass is 374 g/mol. The van der Waals surface area contributed by atoms with Crippen LogP contribution in [0.1, 0.15) is 29.6 Å². The lowest BCUT2D eigenvalue weighted by Gasteiger charge is -2.35. The fraction of sp³-hybridized carbons (Fsp3) is 0.350. The van der Waals surface area contributed by atoms with E-state index in [1.54, 1.807) is 30.3 Å². The average Bonchev–Trinajstić information content (AvgIpc) is 3.00. The van der Waals surface area contributed by atoms with Gasteiger partial charge in [0.25, 0.3) is 5.91 Å². The molecule has 0 bridgehead atoms. The maximum absolute atomic E-state index is 13.2. The molecule has 0 aromatic heterocycles. The first kappa shape index (κ1) is 17.7. The molecule has 2 aliphatic heterocycles. The first-order valence-corrected chi connectivity index (χ1v) is 8.98. The quantitative estimate of drug-likeness (QED) is 0.891. The summed E-state index contributed by atoms with van der Waals surface area (Å²) in [5.41, 5.74) is 7.89. The number of benzene rings is 2. The van der Waals surface area contributed by atoms with Crippen LogP contribution in [-0.2, 0) is 0 Å². The van der Waals surface area contributed by atoms with Gasteiger partial charge in [-0.2, -0.15) is 0 Å². The number of hydrogen-bond acceptors (Lipinski definition) is 4. The van der Waals surface area contributed by atoms with Gasteiger partial charge in [-0.25, -0.2) is 0 Å². The van der Waals surface area contributed by atoms with Crippen LogP contribution in [0.25, 0.3) is 11.1 Å². The van der Waals surface area contributed by atoms with Gasteiger partial charge in [0.2, 0.25) is 0 Å². The second-order valence-electron chi connectivity index (χ2n) is 6.79. The molecular formula is C20H20F2N2O3. The lowest BCUT2D eigenvalue weighted by Crippen LogP contribution is -2.47. The highest BCUT2D eigenvalue weighted by atomic mass is 19.3. The van der Waals surface area contributed by atoms with E-state index in [4.69, 9.17) is 5.73 Å². The zero-order valence-electron chi connectivity index (χ0n) is 14.7. The van der Waals surface area contributed by atoms with Gasteiger partial charge >= 0.3 is 6.29 Å². The minimum atomic E-state index is -3.63. The van der Waals surface area contributed by atoms with E-state index in [2.05, 4.69) is 9.47 Å². The van der Waals surface area contributed by atoms with Crippen LogP contribution < -0.4 is 15.2 Å². The predicted molar refractivity (Wildman–Crippen MR) is 95.8 cm³/mol. The number of carbonyl (C=O) groups excluding carboxylic acids is 1. The molecule has 2 aliphatic rings. The third-order valence-electron chi connectivity index (χ3n) is 5.03. The smallest absolute Gasteiger partial charge is 0.395 e. The van der Waals surface area contributed by atoms with E-state index in [9.17, 15) is 13.6 Å². The summed E-state index contributed by atoms with van der Waals surface area (Å²) in [6, 6.07) is 11.8. The van der Waals surface area contributed by atoms with Crippen LogP contribution in [0.4, 0.5) is 8.78 Å². The van der Waals surface area contributed by atoms with Crippen LogP contribution in [0.2, 0.25) is 0 Å². The van der Waals surface area contributed by atoms with Gasteiger partial charge in [0.1, 0.15) is 0 Å². The van der Waals surface area contributed by atoms with Crippen molar-refractivity contribution >= 4 is 5.91 Å². The second kappa shape index (κ2) is 6.81. The number of ether oxygens (including phenoxy) is 2. The van der Waals surface area contributed by atoms with Crippen molar-refractivity contribution in [2.24, 2.45) is 5.73 Å². The van der Waals surface area contributed by atoms with Crippen molar-refractivity contribution in [1.82, 2.24) is 4.90 Å². The van der Waals surface area contributed by atoms with Crippen LogP contribution in [0.5, 0.6) is 11.5 Å². The molecule has 1 amide bonds. The predicted octanol–water partition coefficient (Wildman–Crippen LogP) is 3.63. The summed E-state index contributed by atoms with van der Waals surface area (Å²) in [6.45, 7) is 1.18. The Labute approximate surface area is 155 Å². The first-order chi connectivity index (χ1) is 13.0. The van der Waals surface area contributed by atoms with Crippen LogP contribution >= 0.6 is 0 Å². The lowest BCUT2D eigenvalue weighted by atomic mass is 9.99. The summed E-state index contributed by atoms with van der Waals surface area (Å²) in [4.78, 5) is 14.6. The fourth-order valence-electron chi connectivity index (χ4n) is 3.61. The summed E-state index contributed by atoms with van der Waals surface area (Å²) in [6.07, 6.45) is -0.622. The van der Waals surface area contributed by atoms with E-state index < -0.39 is 6.29 Å². The van der Waals surface area contributed by atoms with Gasteiger partial charge in [0, 0.05) is 24.7 Å². The number of piperidine rings is 1. The topological polar surface area (TPSA) is 64.8 Å². The van der Waals surface area contributed by atoms with E-state index in [1.807, 2.05) is 4.90 Å². The largest absolute Gasteiger partial charge is 0.586 e. The third-order valence-corrected chi connectivity index (χ3v) is 5.03. The van der Waals surface area contributed by atoms with Crippen molar-refractivity contribution in [1.29, 1.82) is 0 Å². The molecule has 5 nitrogen and oxygen atoms in total. The molecule has 142 valence electrons. The fourth-order valence-corrected chi connectivity index (χ4v) is 3.61. The van der Waals surface area contributed by atoms with Crippen molar-refractivity contribution in [3.63, 3.8) is 0 Å². The number of fused-ring (bicyclic) bond motifs is 1. The Morgan fingerprint density at radius 1 is 1.07 bits per heavy atom. The zero-order chi connectivity index (χ0) is 19.0. The van der Waals surface area contributed by atoms with Gasteiger partial charge in [0.15, 0.2) is 11.5 Å². The van der Waals surface area contributed by atoms with Crippen molar-refractivity contribution in [2.45, 2.75) is 31.6 Å². The highest BCUT2D eigenvalue weighted by Gasteiger charge is 2.43. The second-order valence-corrected chi connectivity index (χ2v) is 6.79. The molecule has 0 saturated carbocycles. The molecule has 27 heavy (non-hydrogen) atoms. The summed E-state index contributed by atoms with van der Waals surface area (Å²) in [7, 11) is 0. The standard InChI is InChI=1S/C20H20F2N2O3/c21-20(22)26-17-9-8-15(11-18(17)27-20)13-4-6-14(7-5-13)19(25)24-10-2-1-3-16(24)12-23/h4-9,11,16H,1-3,10,12,23H2/t16-/m0/s1. The van der Waals surface area contributed by atoms with Crippen LogP contribution in [0.3, 0.4) is 0 Å². The molecule has 1 atom stereocenters. The molecule has 2 aromatic carbocycles. The minimum Gasteiger partial charge on any atom is -0.395 e. The molecule has 0 unspecified atom stereocenters. The Morgan fingerprint density at radius 3 is 2.52 bits per heavy atom. The summed E-state index contributed by atoms with van der Waals surface area (Å²) in [5, 5.41) is 0. The number of rotatable bonds is 3. The molecule has 2 aromatic rings. The number of likely N-dealkylation sites (tertiary alicyclic amines) is 1. The highest BCUT2D eigenvalue weighted by Crippen LogP contribution is 2.42.